The third kappa shape index (κ3) is 4.91. The summed E-state index contributed by atoms with van der Waals surface area (Å²) in [5, 5.41) is 4.14. The lowest BCUT2D eigenvalue weighted by molar-refractivity contribution is 0.0903. The summed E-state index contributed by atoms with van der Waals surface area (Å²) in [6.45, 7) is 1.66. The molecule has 1 heterocycles. The molecule has 1 saturated heterocycles. The first-order valence-electron chi connectivity index (χ1n) is 8.29. The van der Waals surface area contributed by atoms with Gasteiger partial charge in [0.1, 0.15) is 5.82 Å². The summed E-state index contributed by atoms with van der Waals surface area (Å²) in [7, 11) is 0. The number of hydrogen-bond acceptors (Lipinski definition) is 2. The highest BCUT2D eigenvalue weighted by molar-refractivity contribution is 7.80. The van der Waals surface area contributed by atoms with Gasteiger partial charge in [-0.15, -0.1) is 0 Å². The van der Waals surface area contributed by atoms with Gasteiger partial charge in [-0.05, 0) is 49.3 Å². The molecule has 6 heteroatoms. The van der Waals surface area contributed by atoms with Crippen molar-refractivity contribution in [1.29, 1.82) is 0 Å². The number of para-hydroxylation sites is 1. The number of ether oxygens (including phenoxy) is 1. The fourth-order valence-corrected chi connectivity index (χ4v) is 3.33. The van der Waals surface area contributed by atoms with Crippen LogP contribution in [0, 0.1) is 5.82 Å². The van der Waals surface area contributed by atoms with Gasteiger partial charge in [0.05, 0.1) is 6.10 Å². The molecule has 0 amide bonds. The van der Waals surface area contributed by atoms with E-state index >= 15 is 0 Å². The Kier molecular flexibility index (Phi) is 6.24. The second-order valence-corrected chi connectivity index (χ2v) is 6.81. The van der Waals surface area contributed by atoms with Gasteiger partial charge in [0.2, 0.25) is 0 Å². The molecule has 1 unspecified atom stereocenters. The van der Waals surface area contributed by atoms with Crippen molar-refractivity contribution < 1.29 is 9.13 Å². The van der Waals surface area contributed by atoms with E-state index in [0.717, 1.165) is 25.1 Å². The summed E-state index contributed by atoms with van der Waals surface area (Å²) in [6, 6.07) is 14.4. The molecule has 1 atom stereocenters. The van der Waals surface area contributed by atoms with E-state index in [4.69, 9.17) is 28.6 Å². The molecular formula is C19H20ClFN2OS. The maximum absolute atomic E-state index is 14.2. The highest BCUT2D eigenvalue weighted by Crippen LogP contribution is 2.23. The van der Waals surface area contributed by atoms with Crippen LogP contribution in [0.15, 0.2) is 48.5 Å². The van der Waals surface area contributed by atoms with E-state index in [-0.39, 0.29) is 11.9 Å². The Labute approximate surface area is 157 Å². The smallest absolute Gasteiger partial charge is 0.173 e. The highest BCUT2D eigenvalue weighted by atomic mass is 35.5. The fraction of sp³-hybridized carbons (Fsp3) is 0.316. The number of nitrogens with zero attached hydrogens (tertiary/aromatic N) is 1. The van der Waals surface area contributed by atoms with Gasteiger partial charge in [0.25, 0.3) is 0 Å². The van der Waals surface area contributed by atoms with Gasteiger partial charge >= 0.3 is 0 Å². The molecule has 1 aliphatic rings. The largest absolute Gasteiger partial charge is 0.376 e. The van der Waals surface area contributed by atoms with E-state index in [2.05, 4.69) is 5.32 Å². The fourth-order valence-electron chi connectivity index (χ4n) is 2.85. The summed E-state index contributed by atoms with van der Waals surface area (Å²) in [6.07, 6.45) is 2.12. The molecule has 0 radical (unpaired) electrons. The predicted molar refractivity (Wildman–Crippen MR) is 103 cm³/mol. The molecule has 2 aromatic rings. The van der Waals surface area contributed by atoms with E-state index < -0.39 is 0 Å². The molecule has 0 saturated carbocycles. The predicted octanol–water partition coefficient (Wildman–Crippen LogP) is 4.86. The van der Waals surface area contributed by atoms with Crippen molar-refractivity contribution in [3.8, 4) is 0 Å². The number of thiocarbonyl (C=S) groups is 1. The Hall–Kier alpha value is -1.69. The standard InChI is InChI=1S/C19H20ClFN2OS/c20-17-9-4-10-18(21)16(17)13-23(12-15-8-5-11-24-15)19(25)22-14-6-2-1-3-7-14/h1-4,6-7,9-10,15H,5,8,11-13H2,(H,22,25). The summed E-state index contributed by atoms with van der Waals surface area (Å²) in [5.74, 6) is -0.327. The first-order chi connectivity index (χ1) is 12.1. The van der Waals surface area contributed by atoms with Crippen molar-refractivity contribution >= 4 is 34.6 Å². The minimum Gasteiger partial charge on any atom is -0.376 e. The zero-order chi connectivity index (χ0) is 17.6. The van der Waals surface area contributed by atoms with Crippen LogP contribution in [0.5, 0.6) is 0 Å². The van der Waals surface area contributed by atoms with Crippen LogP contribution in [0.3, 0.4) is 0 Å². The lowest BCUT2D eigenvalue weighted by Gasteiger charge is -2.29. The SMILES string of the molecule is Fc1cccc(Cl)c1CN(CC1CCCO1)C(=S)Nc1ccccc1. The van der Waals surface area contributed by atoms with E-state index in [1.807, 2.05) is 35.2 Å². The lowest BCUT2D eigenvalue weighted by Crippen LogP contribution is -2.39. The Morgan fingerprint density at radius 2 is 2.04 bits per heavy atom. The zero-order valence-electron chi connectivity index (χ0n) is 13.8. The monoisotopic (exact) mass is 378 g/mol. The van der Waals surface area contributed by atoms with Crippen LogP contribution in [-0.4, -0.2) is 29.3 Å². The molecule has 0 bridgehead atoms. The maximum atomic E-state index is 14.2. The lowest BCUT2D eigenvalue weighted by atomic mass is 10.1. The number of nitrogens with one attached hydrogen (secondary N) is 1. The molecule has 132 valence electrons. The van der Waals surface area contributed by atoms with E-state index in [0.29, 0.717) is 28.8 Å². The maximum Gasteiger partial charge on any atom is 0.173 e. The average molecular weight is 379 g/mol. The Morgan fingerprint density at radius 1 is 1.24 bits per heavy atom. The zero-order valence-corrected chi connectivity index (χ0v) is 15.3. The van der Waals surface area contributed by atoms with Crippen LogP contribution in [0.25, 0.3) is 0 Å². The molecular weight excluding hydrogens is 359 g/mol. The van der Waals surface area contributed by atoms with Crippen molar-refractivity contribution in [2.45, 2.75) is 25.5 Å². The number of rotatable bonds is 5. The minimum atomic E-state index is -0.327. The number of hydrogen-bond donors (Lipinski definition) is 1. The Bertz CT molecular complexity index is 702. The van der Waals surface area contributed by atoms with Crippen LogP contribution >= 0.6 is 23.8 Å². The van der Waals surface area contributed by atoms with Crippen molar-refractivity contribution in [2.75, 3.05) is 18.5 Å². The first-order valence-corrected chi connectivity index (χ1v) is 9.07. The van der Waals surface area contributed by atoms with Crippen molar-refractivity contribution in [3.63, 3.8) is 0 Å². The average Bonchev–Trinajstić information content (AvgIpc) is 3.11. The number of halogens is 2. The van der Waals surface area contributed by atoms with Gasteiger partial charge in [-0.3, -0.25) is 0 Å². The highest BCUT2D eigenvalue weighted by Gasteiger charge is 2.22. The quantitative estimate of drug-likeness (QED) is 0.751. The van der Waals surface area contributed by atoms with Crippen molar-refractivity contribution in [3.05, 3.63) is 64.9 Å². The summed E-state index contributed by atoms with van der Waals surface area (Å²) in [5.41, 5.74) is 1.34. The molecule has 25 heavy (non-hydrogen) atoms. The van der Waals surface area contributed by atoms with Crippen LogP contribution < -0.4 is 5.32 Å². The second kappa shape index (κ2) is 8.61. The van der Waals surface area contributed by atoms with Crippen LogP contribution in [0.2, 0.25) is 5.02 Å². The summed E-state index contributed by atoms with van der Waals surface area (Å²) in [4.78, 5) is 1.92. The van der Waals surface area contributed by atoms with Crippen molar-refractivity contribution in [2.24, 2.45) is 0 Å². The van der Waals surface area contributed by atoms with Crippen LogP contribution in [-0.2, 0) is 11.3 Å². The second-order valence-electron chi connectivity index (χ2n) is 6.01. The molecule has 3 rings (SSSR count). The molecule has 0 aliphatic carbocycles. The van der Waals surface area contributed by atoms with Crippen LogP contribution in [0.1, 0.15) is 18.4 Å². The molecule has 1 fully saturated rings. The van der Waals surface area contributed by atoms with Crippen molar-refractivity contribution in [1.82, 2.24) is 4.90 Å². The molecule has 2 aromatic carbocycles. The van der Waals surface area contributed by atoms with E-state index in [1.54, 1.807) is 12.1 Å². The molecule has 3 nitrogen and oxygen atoms in total. The molecule has 1 aliphatic heterocycles. The number of benzene rings is 2. The van der Waals surface area contributed by atoms with E-state index in [1.165, 1.54) is 6.07 Å². The van der Waals surface area contributed by atoms with E-state index in [9.17, 15) is 4.39 Å². The normalized spacial score (nSPS) is 16.6. The third-order valence-corrected chi connectivity index (χ3v) is 4.89. The first kappa shape index (κ1) is 18.1. The van der Waals surface area contributed by atoms with Crippen LogP contribution in [0.4, 0.5) is 10.1 Å². The molecule has 1 N–H and O–H groups in total. The van der Waals surface area contributed by atoms with Gasteiger partial charge in [0, 0.05) is 36.0 Å². The van der Waals surface area contributed by atoms with Gasteiger partial charge in [0.15, 0.2) is 5.11 Å². The minimum absolute atomic E-state index is 0.0982. The number of anilines is 1. The molecule has 0 spiro atoms. The van der Waals surface area contributed by atoms with Gasteiger partial charge < -0.3 is 15.0 Å². The van der Waals surface area contributed by atoms with Gasteiger partial charge in [-0.25, -0.2) is 4.39 Å². The summed E-state index contributed by atoms with van der Waals surface area (Å²) >= 11 is 11.8. The van der Waals surface area contributed by atoms with Gasteiger partial charge in [-0.2, -0.15) is 0 Å². The Balaban J connectivity index is 1.77. The topological polar surface area (TPSA) is 24.5 Å². The molecule has 0 aromatic heterocycles. The third-order valence-electron chi connectivity index (χ3n) is 4.17. The Morgan fingerprint density at radius 3 is 2.72 bits per heavy atom. The summed E-state index contributed by atoms with van der Waals surface area (Å²) < 4.78 is 19.9. The van der Waals surface area contributed by atoms with Gasteiger partial charge in [-0.1, -0.05) is 35.9 Å².